The van der Waals surface area contributed by atoms with Crippen LogP contribution in [0.25, 0.3) is 0 Å². The zero-order chi connectivity index (χ0) is 22.9. The maximum atomic E-state index is 13.0. The summed E-state index contributed by atoms with van der Waals surface area (Å²) in [4.78, 5) is 50.4. The Hall–Kier alpha value is -2.45. The summed E-state index contributed by atoms with van der Waals surface area (Å²) in [5, 5.41) is 2.20. The van der Waals surface area contributed by atoms with E-state index in [2.05, 4.69) is 5.32 Å². The summed E-state index contributed by atoms with van der Waals surface area (Å²) in [6, 6.07) is 3.96. The van der Waals surface area contributed by atoms with E-state index in [1.165, 1.54) is 32.1 Å². The third-order valence-corrected chi connectivity index (χ3v) is 6.04. The Morgan fingerprint density at radius 1 is 0.909 bits per heavy atom. The Kier molecular flexibility index (Phi) is 10.8. The Morgan fingerprint density at radius 3 is 2.18 bits per heavy atom. The van der Waals surface area contributed by atoms with Gasteiger partial charge in [-0.25, -0.2) is 0 Å². The first kappa shape index (κ1) is 26.8. The number of carbonyl (C=O) groups excluding carboxylic acids is 4. The summed E-state index contributed by atoms with van der Waals surface area (Å²) in [6.45, 7) is 1.24. The molecule has 0 spiro atoms. The van der Waals surface area contributed by atoms with Crippen molar-refractivity contribution < 1.29 is 23.9 Å². The number of nitrogens with two attached hydrogens (primary N) is 1. The molecule has 0 radical (unpaired) electrons. The highest BCUT2D eigenvalue weighted by molar-refractivity contribution is 6.24. The fraction of sp³-hybridized carbons (Fsp3) is 0.583. The van der Waals surface area contributed by atoms with Crippen LogP contribution in [0.1, 0.15) is 91.3 Å². The highest BCUT2D eigenvalue weighted by atomic mass is 35.5. The van der Waals surface area contributed by atoms with E-state index in [-0.39, 0.29) is 36.4 Å². The molecule has 0 bridgehead atoms. The van der Waals surface area contributed by atoms with Crippen LogP contribution in [-0.2, 0) is 9.59 Å². The van der Waals surface area contributed by atoms with Gasteiger partial charge in [-0.2, -0.15) is 0 Å². The van der Waals surface area contributed by atoms with Crippen molar-refractivity contribution >= 4 is 36.0 Å². The van der Waals surface area contributed by atoms with Gasteiger partial charge in [0.1, 0.15) is 11.8 Å². The van der Waals surface area contributed by atoms with Crippen LogP contribution in [0.2, 0.25) is 0 Å². The van der Waals surface area contributed by atoms with E-state index in [0.717, 1.165) is 37.1 Å². The van der Waals surface area contributed by atoms with Crippen LogP contribution in [0, 0.1) is 0 Å². The molecule has 8 nitrogen and oxygen atoms in total. The molecule has 2 heterocycles. The Bertz CT molecular complexity index is 861. The van der Waals surface area contributed by atoms with Crippen LogP contribution in [0.4, 0.5) is 0 Å². The topological polar surface area (TPSA) is 119 Å². The van der Waals surface area contributed by atoms with Gasteiger partial charge in [0.05, 0.1) is 17.7 Å². The van der Waals surface area contributed by atoms with E-state index in [1.54, 1.807) is 18.2 Å². The van der Waals surface area contributed by atoms with Crippen molar-refractivity contribution in [2.45, 2.75) is 76.7 Å². The second kappa shape index (κ2) is 13.3. The van der Waals surface area contributed by atoms with Gasteiger partial charge in [0.15, 0.2) is 0 Å². The molecule has 4 amide bonds. The fourth-order valence-corrected chi connectivity index (χ4v) is 4.27. The monoisotopic (exact) mass is 479 g/mol. The lowest BCUT2D eigenvalue weighted by Crippen LogP contribution is -2.54. The zero-order valence-corrected chi connectivity index (χ0v) is 19.8. The molecule has 2 aliphatic heterocycles. The highest BCUT2D eigenvalue weighted by Gasteiger charge is 2.45. The number of ether oxygens (including phenoxy) is 1. The van der Waals surface area contributed by atoms with Crippen molar-refractivity contribution in [3.05, 3.63) is 29.3 Å². The Morgan fingerprint density at radius 2 is 1.55 bits per heavy atom. The molecule has 3 rings (SSSR count). The number of imide groups is 2. The number of amides is 4. The molecule has 0 aliphatic carbocycles. The number of benzene rings is 1. The first-order valence-electron chi connectivity index (χ1n) is 11.7. The predicted molar refractivity (Wildman–Crippen MR) is 126 cm³/mol. The van der Waals surface area contributed by atoms with Gasteiger partial charge >= 0.3 is 0 Å². The normalized spacial score (nSPS) is 17.6. The number of nitrogens with zero attached hydrogens (tertiary/aromatic N) is 1. The van der Waals surface area contributed by atoms with Gasteiger partial charge in [0, 0.05) is 6.42 Å². The quantitative estimate of drug-likeness (QED) is 0.331. The van der Waals surface area contributed by atoms with Gasteiger partial charge in [0.25, 0.3) is 11.8 Å². The molecule has 182 valence electrons. The van der Waals surface area contributed by atoms with Crippen LogP contribution in [0.15, 0.2) is 18.2 Å². The standard InChI is InChI=1S/C24H33N3O5.ClH/c25-15-8-6-4-2-1-3-5-7-9-16-32-19-12-10-11-17-21(19)24(31)27(23(17)30)18-13-14-20(28)26-22(18)29;/h10-12,18H,1-9,13-16,25H2,(H,26,28,29);1H. The molecule has 2 aliphatic rings. The number of hydrogen-bond donors (Lipinski definition) is 2. The summed E-state index contributed by atoms with van der Waals surface area (Å²) in [7, 11) is 0. The van der Waals surface area contributed by atoms with Crippen LogP contribution < -0.4 is 15.8 Å². The lowest BCUT2D eigenvalue weighted by molar-refractivity contribution is -0.136. The number of rotatable bonds is 13. The lowest BCUT2D eigenvalue weighted by atomic mass is 10.0. The second-order valence-corrected chi connectivity index (χ2v) is 8.45. The lowest BCUT2D eigenvalue weighted by Gasteiger charge is -2.27. The number of nitrogens with one attached hydrogen (secondary N) is 1. The first-order valence-corrected chi connectivity index (χ1v) is 11.7. The maximum absolute atomic E-state index is 13.0. The third-order valence-electron chi connectivity index (χ3n) is 6.04. The van der Waals surface area contributed by atoms with Crippen molar-refractivity contribution in [1.29, 1.82) is 0 Å². The summed E-state index contributed by atoms with van der Waals surface area (Å²) in [5.41, 5.74) is 5.95. The van der Waals surface area contributed by atoms with Crippen molar-refractivity contribution in [1.82, 2.24) is 10.2 Å². The smallest absolute Gasteiger partial charge is 0.266 e. The number of unbranched alkanes of at least 4 members (excludes halogenated alkanes) is 8. The zero-order valence-electron chi connectivity index (χ0n) is 19.0. The largest absolute Gasteiger partial charge is 0.493 e. The Labute approximate surface area is 201 Å². The van der Waals surface area contributed by atoms with E-state index < -0.39 is 29.7 Å². The second-order valence-electron chi connectivity index (χ2n) is 8.45. The van der Waals surface area contributed by atoms with Crippen LogP contribution in [0.5, 0.6) is 5.75 Å². The van der Waals surface area contributed by atoms with Gasteiger partial charge in [0.2, 0.25) is 11.8 Å². The molecule has 3 N–H and O–H groups in total. The van der Waals surface area contributed by atoms with Gasteiger partial charge in [-0.05, 0) is 37.9 Å². The molecular formula is C24H34ClN3O5. The van der Waals surface area contributed by atoms with Crippen LogP contribution in [-0.4, -0.2) is 47.7 Å². The van der Waals surface area contributed by atoms with Gasteiger partial charge < -0.3 is 10.5 Å². The molecule has 9 heteroatoms. The summed E-state index contributed by atoms with van der Waals surface area (Å²) in [6.07, 6.45) is 10.6. The molecule has 0 saturated carbocycles. The summed E-state index contributed by atoms with van der Waals surface area (Å²) < 4.78 is 5.85. The minimum absolute atomic E-state index is 0. The highest BCUT2D eigenvalue weighted by Crippen LogP contribution is 2.33. The molecule has 1 aromatic carbocycles. The van der Waals surface area contributed by atoms with Gasteiger partial charge in [-0.1, -0.05) is 51.0 Å². The van der Waals surface area contributed by atoms with E-state index in [0.29, 0.717) is 12.4 Å². The minimum Gasteiger partial charge on any atom is -0.493 e. The molecule has 1 atom stereocenters. The average molecular weight is 480 g/mol. The van der Waals surface area contributed by atoms with E-state index in [4.69, 9.17) is 10.5 Å². The molecule has 33 heavy (non-hydrogen) atoms. The third kappa shape index (κ3) is 6.77. The SMILES string of the molecule is Cl.NCCCCCCCCCCCOc1cccc2c1C(=O)N(C1CCC(=O)NC1=O)C2=O. The summed E-state index contributed by atoms with van der Waals surface area (Å²) >= 11 is 0. The first-order chi connectivity index (χ1) is 15.5. The molecule has 1 unspecified atom stereocenters. The van der Waals surface area contributed by atoms with Crippen molar-refractivity contribution in [3.63, 3.8) is 0 Å². The fourth-order valence-electron chi connectivity index (χ4n) is 4.27. The number of hydrogen-bond acceptors (Lipinski definition) is 6. The number of halogens is 1. The van der Waals surface area contributed by atoms with Gasteiger partial charge in [-0.3, -0.25) is 29.4 Å². The van der Waals surface area contributed by atoms with E-state index in [1.807, 2.05) is 0 Å². The minimum atomic E-state index is -0.969. The maximum Gasteiger partial charge on any atom is 0.266 e. The van der Waals surface area contributed by atoms with Crippen molar-refractivity contribution in [2.75, 3.05) is 13.2 Å². The van der Waals surface area contributed by atoms with Gasteiger partial charge in [-0.15, -0.1) is 12.4 Å². The molecule has 0 aromatic heterocycles. The Balaban J connectivity index is 0.00000385. The molecule has 1 aromatic rings. The average Bonchev–Trinajstić information content (AvgIpc) is 3.03. The number of piperidine rings is 1. The summed E-state index contributed by atoms with van der Waals surface area (Å²) in [5.74, 6) is -1.69. The van der Waals surface area contributed by atoms with Crippen molar-refractivity contribution in [3.8, 4) is 5.75 Å². The number of carbonyl (C=O) groups is 4. The molecule has 1 fully saturated rings. The van der Waals surface area contributed by atoms with Crippen LogP contribution >= 0.6 is 12.4 Å². The predicted octanol–water partition coefficient (Wildman–Crippen LogP) is 3.36. The van der Waals surface area contributed by atoms with Crippen LogP contribution in [0.3, 0.4) is 0 Å². The molecule has 1 saturated heterocycles. The molecular weight excluding hydrogens is 446 g/mol. The number of fused-ring (bicyclic) bond motifs is 1. The van der Waals surface area contributed by atoms with E-state index in [9.17, 15) is 19.2 Å². The van der Waals surface area contributed by atoms with E-state index >= 15 is 0 Å². The van der Waals surface area contributed by atoms with Crippen molar-refractivity contribution in [2.24, 2.45) is 5.73 Å².